The van der Waals surface area contributed by atoms with Gasteiger partial charge in [-0.25, -0.2) is 9.52 Å². The SMILES string of the molecule is CCOC(=O)NS(=O)(=O)NC(C)CC#N. The zero-order valence-corrected chi connectivity index (χ0v) is 9.30. The lowest BCUT2D eigenvalue weighted by Crippen LogP contribution is -2.44. The van der Waals surface area contributed by atoms with Crippen LogP contribution in [0.3, 0.4) is 0 Å². The molecule has 0 radical (unpaired) electrons. The highest BCUT2D eigenvalue weighted by Crippen LogP contribution is 1.91. The molecule has 0 aliphatic carbocycles. The van der Waals surface area contributed by atoms with E-state index in [1.807, 2.05) is 0 Å². The first-order valence-electron chi connectivity index (χ1n) is 4.25. The van der Waals surface area contributed by atoms with E-state index in [1.165, 1.54) is 6.92 Å². The summed E-state index contributed by atoms with van der Waals surface area (Å²) in [4.78, 5) is 10.8. The molecule has 0 rings (SSSR count). The molecular formula is C7H13N3O4S. The van der Waals surface area contributed by atoms with Crippen LogP contribution in [0.2, 0.25) is 0 Å². The molecule has 8 heteroatoms. The van der Waals surface area contributed by atoms with Crippen molar-refractivity contribution in [1.82, 2.24) is 9.44 Å². The molecule has 86 valence electrons. The zero-order valence-electron chi connectivity index (χ0n) is 8.48. The molecule has 0 fully saturated rings. The van der Waals surface area contributed by atoms with Crippen molar-refractivity contribution in [1.29, 1.82) is 5.26 Å². The molecular weight excluding hydrogens is 222 g/mol. The Bertz CT molecular complexity index is 346. The molecule has 0 saturated heterocycles. The van der Waals surface area contributed by atoms with Crippen molar-refractivity contribution in [2.24, 2.45) is 0 Å². The van der Waals surface area contributed by atoms with Crippen LogP contribution in [0.25, 0.3) is 0 Å². The van der Waals surface area contributed by atoms with E-state index in [0.29, 0.717) is 0 Å². The molecule has 0 heterocycles. The van der Waals surface area contributed by atoms with Gasteiger partial charge in [0.05, 0.1) is 19.1 Å². The molecule has 1 unspecified atom stereocenters. The van der Waals surface area contributed by atoms with Crippen LogP contribution in [0.1, 0.15) is 20.3 Å². The smallest absolute Gasteiger partial charge is 0.421 e. The number of rotatable bonds is 5. The van der Waals surface area contributed by atoms with Crippen molar-refractivity contribution >= 4 is 16.3 Å². The third-order valence-electron chi connectivity index (χ3n) is 1.25. The summed E-state index contributed by atoms with van der Waals surface area (Å²) in [5.74, 6) is 0. The number of carbonyl (C=O) groups excluding carboxylic acids is 1. The maximum absolute atomic E-state index is 11.2. The van der Waals surface area contributed by atoms with Crippen molar-refractivity contribution in [2.45, 2.75) is 26.3 Å². The van der Waals surface area contributed by atoms with Gasteiger partial charge in [0.1, 0.15) is 0 Å². The monoisotopic (exact) mass is 235 g/mol. The van der Waals surface area contributed by atoms with Crippen molar-refractivity contribution in [3.05, 3.63) is 0 Å². The van der Waals surface area contributed by atoms with E-state index in [9.17, 15) is 13.2 Å². The normalized spacial score (nSPS) is 12.6. The van der Waals surface area contributed by atoms with Crippen LogP contribution in [-0.4, -0.2) is 27.2 Å². The highest BCUT2D eigenvalue weighted by molar-refractivity contribution is 7.88. The molecule has 0 aromatic rings. The number of hydrogen-bond donors (Lipinski definition) is 2. The summed E-state index contributed by atoms with van der Waals surface area (Å²) in [5.41, 5.74) is 0. The van der Waals surface area contributed by atoms with Crippen LogP contribution in [0.4, 0.5) is 4.79 Å². The Morgan fingerprint density at radius 1 is 1.60 bits per heavy atom. The van der Waals surface area contributed by atoms with Gasteiger partial charge < -0.3 is 4.74 Å². The number of nitrogens with one attached hydrogen (secondary N) is 2. The van der Waals surface area contributed by atoms with Gasteiger partial charge in [0, 0.05) is 6.04 Å². The fourth-order valence-corrected chi connectivity index (χ4v) is 1.69. The quantitative estimate of drug-likeness (QED) is 0.690. The number of hydrogen-bond acceptors (Lipinski definition) is 5. The first kappa shape index (κ1) is 13.7. The molecule has 7 nitrogen and oxygen atoms in total. The van der Waals surface area contributed by atoms with Gasteiger partial charge in [-0.15, -0.1) is 0 Å². The van der Waals surface area contributed by atoms with E-state index in [1.54, 1.807) is 17.7 Å². The Hall–Kier alpha value is -1.33. The van der Waals surface area contributed by atoms with Gasteiger partial charge in [0.2, 0.25) is 0 Å². The largest absolute Gasteiger partial charge is 0.449 e. The summed E-state index contributed by atoms with van der Waals surface area (Å²) in [6.45, 7) is 3.14. The first-order chi connectivity index (χ1) is 6.91. The number of nitriles is 1. The molecule has 0 spiro atoms. The minimum atomic E-state index is -3.95. The standard InChI is InChI=1S/C7H13N3O4S/c1-3-14-7(11)10-15(12,13)9-6(2)4-5-8/h6,9H,3-4H2,1-2H3,(H,10,11). The fourth-order valence-electron chi connectivity index (χ4n) is 0.743. The Morgan fingerprint density at radius 2 is 2.20 bits per heavy atom. The van der Waals surface area contributed by atoms with Crippen LogP contribution in [0, 0.1) is 11.3 Å². The summed E-state index contributed by atoms with van der Waals surface area (Å²) < 4.78 is 30.4. The van der Waals surface area contributed by atoms with Crippen LogP contribution >= 0.6 is 0 Å². The Morgan fingerprint density at radius 3 is 2.67 bits per heavy atom. The van der Waals surface area contributed by atoms with Crippen LogP contribution < -0.4 is 9.44 Å². The van der Waals surface area contributed by atoms with Gasteiger partial charge in [-0.3, -0.25) is 0 Å². The van der Waals surface area contributed by atoms with Crippen molar-refractivity contribution in [3.8, 4) is 6.07 Å². The van der Waals surface area contributed by atoms with Crippen molar-refractivity contribution in [2.75, 3.05) is 6.61 Å². The number of ether oxygens (including phenoxy) is 1. The summed E-state index contributed by atoms with van der Waals surface area (Å²) in [5, 5.41) is 8.30. The highest BCUT2D eigenvalue weighted by atomic mass is 32.2. The van der Waals surface area contributed by atoms with E-state index in [4.69, 9.17) is 5.26 Å². The van der Waals surface area contributed by atoms with Crippen LogP contribution in [0.15, 0.2) is 0 Å². The molecule has 1 atom stereocenters. The first-order valence-corrected chi connectivity index (χ1v) is 5.73. The van der Waals surface area contributed by atoms with E-state index in [-0.39, 0.29) is 13.0 Å². The second-order valence-electron chi connectivity index (χ2n) is 2.71. The Kier molecular flexibility index (Phi) is 5.66. The molecule has 1 amide bonds. The number of amides is 1. The lowest BCUT2D eigenvalue weighted by Gasteiger charge is -2.11. The fraction of sp³-hybridized carbons (Fsp3) is 0.714. The van der Waals surface area contributed by atoms with Gasteiger partial charge in [-0.05, 0) is 13.8 Å². The maximum Gasteiger partial charge on any atom is 0.421 e. The summed E-state index contributed by atoms with van der Waals surface area (Å²) in [6, 6.07) is 1.23. The Labute approximate surface area is 88.6 Å². The van der Waals surface area contributed by atoms with Gasteiger partial charge in [0.25, 0.3) is 0 Å². The molecule has 2 N–H and O–H groups in total. The molecule has 0 aliphatic heterocycles. The average molecular weight is 235 g/mol. The number of nitrogens with zero attached hydrogens (tertiary/aromatic N) is 1. The summed E-state index contributed by atoms with van der Waals surface area (Å²) in [7, 11) is -3.95. The van der Waals surface area contributed by atoms with E-state index in [0.717, 1.165) is 0 Å². The summed E-state index contributed by atoms with van der Waals surface area (Å²) in [6.07, 6.45) is -1.03. The lowest BCUT2D eigenvalue weighted by molar-refractivity contribution is 0.158. The molecule has 0 saturated carbocycles. The molecule has 0 aromatic heterocycles. The van der Waals surface area contributed by atoms with Crippen LogP contribution in [0.5, 0.6) is 0 Å². The van der Waals surface area contributed by atoms with Crippen LogP contribution in [-0.2, 0) is 14.9 Å². The molecule has 0 aliphatic rings. The Balaban J connectivity index is 4.20. The third-order valence-corrected chi connectivity index (χ3v) is 2.40. The second-order valence-corrected chi connectivity index (χ2v) is 4.15. The zero-order chi connectivity index (χ0) is 11.9. The molecule has 15 heavy (non-hydrogen) atoms. The van der Waals surface area contributed by atoms with E-state index >= 15 is 0 Å². The van der Waals surface area contributed by atoms with Gasteiger partial charge >= 0.3 is 16.3 Å². The van der Waals surface area contributed by atoms with E-state index < -0.39 is 22.3 Å². The molecule has 0 bridgehead atoms. The second kappa shape index (κ2) is 6.21. The highest BCUT2D eigenvalue weighted by Gasteiger charge is 2.17. The topological polar surface area (TPSA) is 108 Å². The van der Waals surface area contributed by atoms with Gasteiger partial charge in [-0.1, -0.05) is 0 Å². The van der Waals surface area contributed by atoms with E-state index in [2.05, 4.69) is 9.46 Å². The van der Waals surface area contributed by atoms with Gasteiger partial charge in [0.15, 0.2) is 0 Å². The number of carbonyl (C=O) groups is 1. The summed E-state index contributed by atoms with van der Waals surface area (Å²) >= 11 is 0. The minimum Gasteiger partial charge on any atom is -0.449 e. The average Bonchev–Trinajstić information content (AvgIpc) is 2.01. The van der Waals surface area contributed by atoms with Crippen molar-refractivity contribution in [3.63, 3.8) is 0 Å². The predicted molar refractivity (Wildman–Crippen MR) is 51.9 cm³/mol. The van der Waals surface area contributed by atoms with Crippen molar-refractivity contribution < 1.29 is 17.9 Å². The maximum atomic E-state index is 11.2. The van der Waals surface area contributed by atoms with Gasteiger partial charge in [-0.2, -0.15) is 18.4 Å². The lowest BCUT2D eigenvalue weighted by atomic mass is 10.3. The molecule has 0 aromatic carbocycles. The third kappa shape index (κ3) is 6.70. The minimum absolute atomic E-state index is 0.0176. The predicted octanol–water partition coefficient (Wildman–Crippen LogP) is -0.131.